The Morgan fingerprint density at radius 2 is 1.61 bits per heavy atom. The highest BCUT2D eigenvalue weighted by Crippen LogP contribution is 2.28. The first-order valence-corrected chi connectivity index (χ1v) is 12.4. The van der Waals surface area contributed by atoms with Gasteiger partial charge in [0.1, 0.15) is 5.75 Å². The normalized spacial score (nSPS) is 12.1. The summed E-state index contributed by atoms with van der Waals surface area (Å²) in [4.78, 5) is 12.5. The number of hydrogen-bond donors (Lipinski definition) is 2. The van der Waals surface area contributed by atoms with Gasteiger partial charge in [-0.05, 0) is 85.3 Å². The van der Waals surface area contributed by atoms with Crippen molar-refractivity contribution in [1.82, 2.24) is 0 Å². The summed E-state index contributed by atoms with van der Waals surface area (Å²) in [6.07, 6.45) is 0.972. The summed E-state index contributed by atoms with van der Waals surface area (Å²) in [6.45, 7) is 7.98. The molecule has 1 amide bonds. The summed E-state index contributed by atoms with van der Waals surface area (Å²) in [5, 5.41) is 2.74. The minimum absolute atomic E-state index is 0.109. The summed E-state index contributed by atoms with van der Waals surface area (Å²) < 4.78 is 33.7. The van der Waals surface area contributed by atoms with Crippen LogP contribution in [0.25, 0.3) is 0 Å². The predicted molar refractivity (Wildman–Crippen MR) is 132 cm³/mol. The lowest BCUT2D eigenvalue weighted by atomic mass is 9.98. The Bertz CT molecular complexity index is 1220. The maximum absolute atomic E-state index is 12.7. The van der Waals surface area contributed by atoms with Crippen molar-refractivity contribution in [2.24, 2.45) is 0 Å². The van der Waals surface area contributed by atoms with Gasteiger partial charge in [0, 0.05) is 11.4 Å². The zero-order valence-electron chi connectivity index (χ0n) is 19.4. The van der Waals surface area contributed by atoms with Gasteiger partial charge >= 0.3 is 0 Å². The Labute approximate surface area is 196 Å². The van der Waals surface area contributed by atoms with Crippen molar-refractivity contribution in [3.8, 4) is 5.75 Å². The van der Waals surface area contributed by atoms with Crippen molar-refractivity contribution in [2.75, 3.05) is 16.6 Å². The molecule has 0 bridgehead atoms. The number of amides is 1. The molecule has 0 aliphatic carbocycles. The van der Waals surface area contributed by atoms with Crippen LogP contribution in [0.4, 0.5) is 11.4 Å². The lowest BCUT2D eigenvalue weighted by molar-refractivity contribution is -0.118. The number of rotatable bonds is 9. The average Bonchev–Trinajstić information content (AvgIpc) is 2.80. The van der Waals surface area contributed by atoms with Gasteiger partial charge in [-0.15, -0.1) is 0 Å². The van der Waals surface area contributed by atoms with Crippen LogP contribution in [-0.2, 0) is 14.8 Å². The van der Waals surface area contributed by atoms with Gasteiger partial charge < -0.3 is 10.1 Å². The van der Waals surface area contributed by atoms with Gasteiger partial charge in [0.15, 0.2) is 6.61 Å². The molecule has 0 fully saturated rings. The van der Waals surface area contributed by atoms with Gasteiger partial charge in [-0.25, -0.2) is 8.42 Å². The van der Waals surface area contributed by atoms with E-state index in [9.17, 15) is 13.2 Å². The van der Waals surface area contributed by atoms with Gasteiger partial charge in [-0.2, -0.15) is 0 Å². The minimum Gasteiger partial charge on any atom is -0.483 e. The zero-order valence-corrected chi connectivity index (χ0v) is 20.2. The van der Waals surface area contributed by atoms with Gasteiger partial charge in [-0.3, -0.25) is 9.52 Å². The zero-order chi connectivity index (χ0) is 24.0. The number of benzene rings is 3. The molecule has 0 spiro atoms. The van der Waals surface area contributed by atoms with Crippen molar-refractivity contribution in [3.63, 3.8) is 0 Å². The number of carbonyl (C=O) groups is 1. The molecule has 33 heavy (non-hydrogen) atoms. The molecular weight excluding hydrogens is 436 g/mol. The molecule has 0 saturated heterocycles. The molecule has 3 aromatic carbocycles. The van der Waals surface area contributed by atoms with E-state index in [-0.39, 0.29) is 17.4 Å². The summed E-state index contributed by atoms with van der Waals surface area (Å²) in [6, 6.07) is 19.1. The molecule has 0 unspecified atom stereocenters. The largest absolute Gasteiger partial charge is 0.483 e. The average molecular weight is 467 g/mol. The third kappa shape index (κ3) is 6.35. The van der Waals surface area contributed by atoms with E-state index in [1.807, 2.05) is 44.2 Å². The lowest BCUT2D eigenvalue weighted by Crippen LogP contribution is -2.20. The van der Waals surface area contributed by atoms with Gasteiger partial charge in [0.25, 0.3) is 15.9 Å². The molecule has 3 rings (SSSR count). The Morgan fingerprint density at radius 3 is 2.27 bits per heavy atom. The summed E-state index contributed by atoms with van der Waals surface area (Å²) in [5.41, 5.74) is 4.15. The van der Waals surface area contributed by atoms with Crippen molar-refractivity contribution in [3.05, 3.63) is 83.4 Å². The van der Waals surface area contributed by atoms with E-state index in [1.165, 1.54) is 12.1 Å². The van der Waals surface area contributed by atoms with E-state index in [4.69, 9.17) is 4.74 Å². The lowest BCUT2D eigenvalue weighted by Gasteiger charge is -2.15. The smallest absolute Gasteiger partial charge is 0.262 e. The highest BCUT2D eigenvalue weighted by atomic mass is 32.2. The Morgan fingerprint density at radius 1 is 0.939 bits per heavy atom. The second kappa shape index (κ2) is 10.5. The second-order valence-corrected chi connectivity index (χ2v) is 9.80. The molecule has 3 aromatic rings. The summed E-state index contributed by atoms with van der Waals surface area (Å²) in [7, 11) is -3.74. The molecule has 0 radical (unpaired) electrons. The van der Waals surface area contributed by atoms with E-state index in [2.05, 4.69) is 23.9 Å². The number of ether oxygens (including phenoxy) is 1. The number of carbonyl (C=O) groups excluding carboxylic acids is 1. The number of aryl methyl sites for hydroxylation is 2. The van der Waals surface area contributed by atoms with Crippen molar-refractivity contribution in [1.29, 1.82) is 0 Å². The van der Waals surface area contributed by atoms with Crippen molar-refractivity contribution < 1.29 is 17.9 Å². The van der Waals surface area contributed by atoms with E-state index in [1.54, 1.807) is 24.3 Å². The quantitative estimate of drug-likeness (QED) is 0.428. The molecule has 0 aromatic heterocycles. The number of sulfonamides is 1. The molecule has 0 saturated carbocycles. The van der Waals surface area contributed by atoms with Gasteiger partial charge in [-0.1, -0.05) is 38.1 Å². The molecular formula is C26H30N2O4S. The highest BCUT2D eigenvalue weighted by molar-refractivity contribution is 7.92. The first-order chi connectivity index (χ1) is 15.7. The molecule has 6 nitrogen and oxygen atoms in total. The number of anilines is 2. The third-order valence-electron chi connectivity index (χ3n) is 5.63. The van der Waals surface area contributed by atoms with Crippen LogP contribution in [0.3, 0.4) is 0 Å². The first-order valence-electron chi connectivity index (χ1n) is 10.9. The van der Waals surface area contributed by atoms with Crippen LogP contribution in [0, 0.1) is 13.8 Å². The molecule has 7 heteroatoms. The molecule has 174 valence electrons. The topological polar surface area (TPSA) is 84.5 Å². The maximum Gasteiger partial charge on any atom is 0.262 e. The van der Waals surface area contributed by atoms with Gasteiger partial charge in [0.2, 0.25) is 0 Å². The monoisotopic (exact) mass is 466 g/mol. The van der Waals surface area contributed by atoms with E-state index in [0.717, 1.165) is 23.1 Å². The molecule has 0 heterocycles. The highest BCUT2D eigenvalue weighted by Gasteiger charge is 2.15. The van der Waals surface area contributed by atoms with E-state index in [0.29, 0.717) is 23.0 Å². The number of hydrogen-bond acceptors (Lipinski definition) is 4. The van der Waals surface area contributed by atoms with Crippen LogP contribution >= 0.6 is 0 Å². The van der Waals surface area contributed by atoms with E-state index >= 15 is 0 Å². The SMILES string of the molecule is CC[C@@H](C)c1ccccc1OCC(=O)Nc1ccc(S(=O)(=O)Nc2ccc(C)c(C)c2)cc1. The molecule has 1 atom stereocenters. The molecule has 2 N–H and O–H groups in total. The summed E-state index contributed by atoms with van der Waals surface area (Å²) >= 11 is 0. The fourth-order valence-electron chi connectivity index (χ4n) is 3.32. The molecule has 0 aliphatic heterocycles. The molecule has 0 aliphatic rings. The number of para-hydroxylation sites is 1. The van der Waals surface area contributed by atoms with Crippen LogP contribution in [0.2, 0.25) is 0 Å². The van der Waals surface area contributed by atoms with Crippen LogP contribution in [0.15, 0.2) is 71.6 Å². The van der Waals surface area contributed by atoms with Crippen LogP contribution in [-0.4, -0.2) is 20.9 Å². The standard InChI is InChI=1S/C26H30N2O4S/c1-5-18(2)24-8-6-7-9-25(24)32-17-26(29)27-21-12-14-23(15-13-21)33(30,31)28-22-11-10-19(3)20(4)16-22/h6-16,18,28H,5,17H2,1-4H3,(H,27,29)/t18-/m1/s1. The van der Waals surface area contributed by atoms with Crippen molar-refractivity contribution in [2.45, 2.75) is 44.9 Å². The van der Waals surface area contributed by atoms with Crippen molar-refractivity contribution >= 4 is 27.3 Å². The third-order valence-corrected chi connectivity index (χ3v) is 7.03. The maximum atomic E-state index is 12.7. The second-order valence-electron chi connectivity index (χ2n) is 8.11. The Kier molecular flexibility index (Phi) is 7.76. The van der Waals surface area contributed by atoms with Crippen LogP contribution in [0.5, 0.6) is 5.75 Å². The fourth-order valence-corrected chi connectivity index (χ4v) is 4.37. The number of nitrogens with one attached hydrogen (secondary N) is 2. The summed E-state index contributed by atoms with van der Waals surface area (Å²) in [5.74, 6) is 0.704. The Hall–Kier alpha value is -3.32. The van der Waals surface area contributed by atoms with E-state index < -0.39 is 10.0 Å². The van der Waals surface area contributed by atoms with Gasteiger partial charge in [0.05, 0.1) is 4.90 Å². The fraction of sp³-hybridized carbons (Fsp3) is 0.269. The predicted octanol–water partition coefficient (Wildman–Crippen LogP) is 5.64. The van der Waals surface area contributed by atoms with Crippen LogP contribution in [0.1, 0.15) is 42.9 Å². The first kappa shape index (κ1) is 24.3. The Balaban J connectivity index is 1.61. The minimum atomic E-state index is -3.74. The van der Waals surface area contributed by atoms with Crippen LogP contribution < -0.4 is 14.8 Å².